The second-order valence-corrected chi connectivity index (χ2v) is 11.0. The fourth-order valence-corrected chi connectivity index (χ4v) is 6.18. The van der Waals surface area contributed by atoms with Crippen molar-refractivity contribution < 1.29 is 19.4 Å². The van der Waals surface area contributed by atoms with Crippen LogP contribution in [0.1, 0.15) is 78.8 Å². The van der Waals surface area contributed by atoms with Gasteiger partial charge in [0.2, 0.25) is 5.91 Å². The summed E-state index contributed by atoms with van der Waals surface area (Å²) in [7, 11) is 0. The Hall–Kier alpha value is -3.39. The van der Waals surface area contributed by atoms with Crippen LogP contribution in [0.25, 0.3) is 0 Å². The minimum absolute atomic E-state index is 0.0166. The van der Waals surface area contributed by atoms with Crippen molar-refractivity contribution in [1.29, 1.82) is 5.41 Å². The van der Waals surface area contributed by atoms with Crippen LogP contribution in [0.2, 0.25) is 0 Å². The van der Waals surface area contributed by atoms with Crippen LogP contribution in [-0.4, -0.2) is 38.9 Å². The van der Waals surface area contributed by atoms with E-state index in [-0.39, 0.29) is 24.2 Å². The van der Waals surface area contributed by atoms with E-state index in [1.807, 2.05) is 52.0 Å². The summed E-state index contributed by atoms with van der Waals surface area (Å²) in [5, 5.41) is 26.5. The van der Waals surface area contributed by atoms with E-state index >= 15 is 0 Å². The molecule has 2 aromatic rings. The number of ether oxygens (including phenoxy) is 1. The van der Waals surface area contributed by atoms with Crippen LogP contribution in [0.3, 0.4) is 0 Å². The molecule has 8 heteroatoms. The van der Waals surface area contributed by atoms with Crippen LogP contribution < -0.4 is 15.4 Å². The standard InChI is InChI=1S/C26H28N4O4/c1-24(2)12-19(31)30(23(27)29-24)21-16-9-15-17(10-18(16)34-25(21,3)4)26(33)11-13-7-5-6-8-14(13)20(26)28-22(15)32/h5-10,20-21,33H,11-12H2,1-4H3,(H2,27,29)(H,28,32)/t20-,21?,26-/m1/s1. The maximum absolute atomic E-state index is 13.2. The lowest BCUT2D eigenvalue weighted by molar-refractivity contribution is -0.134. The minimum Gasteiger partial charge on any atom is -0.485 e. The molecule has 0 spiro atoms. The summed E-state index contributed by atoms with van der Waals surface area (Å²) in [6.45, 7) is 7.52. The predicted octanol–water partition coefficient (Wildman–Crippen LogP) is 2.66. The first-order valence-electron chi connectivity index (χ1n) is 11.6. The molecule has 0 radical (unpaired) electrons. The topological polar surface area (TPSA) is 115 Å². The van der Waals surface area contributed by atoms with E-state index in [9.17, 15) is 14.7 Å². The maximum atomic E-state index is 13.2. The molecule has 1 unspecified atom stereocenters. The molecule has 2 amide bonds. The molecular weight excluding hydrogens is 432 g/mol. The zero-order valence-electron chi connectivity index (χ0n) is 19.7. The van der Waals surface area contributed by atoms with E-state index in [1.54, 1.807) is 12.1 Å². The number of amides is 2. The summed E-state index contributed by atoms with van der Waals surface area (Å²) in [5.41, 5.74) is 0.863. The van der Waals surface area contributed by atoms with Gasteiger partial charge in [-0.3, -0.25) is 19.9 Å². The lowest BCUT2D eigenvalue weighted by Gasteiger charge is -2.44. The second kappa shape index (κ2) is 6.39. The van der Waals surface area contributed by atoms with Crippen LogP contribution in [0.4, 0.5) is 0 Å². The Morgan fingerprint density at radius 2 is 1.82 bits per heavy atom. The van der Waals surface area contributed by atoms with E-state index in [0.717, 1.165) is 11.1 Å². The SMILES string of the molecule is CC1(C)CC(=O)N(C2c3cc4c(cc3OC2(C)C)[C@]2(O)Cc3ccccc3[C@H]2NC4=O)C(=N)N1. The molecule has 2 aromatic carbocycles. The van der Waals surface area contributed by atoms with Gasteiger partial charge >= 0.3 is 0 Å². The number of aliphatic hydroxyl groups is 1. The average Bonchev–Trinajstić information content (AvgIpc) is 3.16. The number of carbonyl (C=O) groups excluding carboxylic acids is 2. The molecule has 0 saturated carbocycles. The molecule has 0 bridgehead atoms. The molecule has 3 heterocycles. The first-order chi connectivity index (χ1) is 15.9. The molecule has 3 atom stereocenters. The molecule has 1 fully saturated rings. The second-order valence-electron chi connectivity index (χ2n) is 11.0. The van der Waals surface area contributed by atoms with Gasteiger partial charge in [-0.05, 0) is 51.0 Å². The molecule has 0 aromatic heterocycles. The minimum atomic E-state index is -1.28. The van der Waals surface area contributed by atoms with E-state index < -0.39 is 28.8 Å². The van der Waals surface area contributed by atoms with Gasteiger partial charge in [0.25, 0.3) is 5.91 Å². The highest BCUT2D eigenvalue weighted by atomic mass is 16.5. The average molecular weight is 461 g/mol. The Bertz CT molecular complexity index is 1280. The Kier molecular flexibility index (Phi) is 3.97. The highest BCUT2D eigenvalue weighted by Crippen LogP contribution is 2.54. The number of hydrogen-bond donors (Lipinski definition) is 4. The maximum Gasteiger partial charge on any atom is 0.252 e. The molecule has 176 valence electrons. The molecule has 6 rings (SSSR count). The third kappa shape index (κ3) is 2.72. The first-order valence-corrected chi connectivity index (χ1v) is 11.6. The summed E-state index contributed by atoms with van der Waals surface area (Å²) in [5.74, 6) is 0.0993. The number of nitrogens with zero attached hydrogens (tertiary/aromatic N) is 1. The lowest BCUT2D eigenvalue weighted by Crippen LogP contribution is -2.62. The highest BCUT2D eigenvalue weighted by molar-refractivity contribution is 6.01. The normalized spacial score (nSPS) is 29.9. The molecule has 3 aliphatic heterocycles. The van der Waals surface area contributed by atoms with Gasteiger partial charge < -0.3 is 20.5 Å². The monoisotopic (exact) mass is 460 g/mol. The molecule has 1 saturated heterocycles. The van der Waals surface area contributed by atoms with Crippen LogP contribution in [0.5, 0.6) is 5.75 Å². The number of carbonyl (C=O) groups is 2. The molecular formula is C26H28N4O4. The van der Waals surface area contributed by atoms with Crippen LogP contribution in [-0.2, 0) is 16.8 Å². The van der Waals surface area contributed by atoms with Crippen LogP contribution >= 0.6 is 0 Å². The lowest BCUT2D eigenvalue weighted by atomic mass is 9.79. The Balaban J connectivity index is 1.47. The Morgan fingerprint density at radius 1 is 1.09 bits per heavy atom. The van der Waals surface area contributed by atoms with Crippen molar-refractivity contribution in [2.45, 2.75) is 69.4 Å². The van der Waals surface area contributed by atoms with Gasteiger partial charge in [0.15, 0.2) is 5.96 Å². The van der Waals surface area contributed by atoms with Gasteiger partial charge in [0.1, 0.15) is 23.0 Å². The molecule has 4 aliphatic rings. The summed E-state index contributed by atoms with van der Waals surface area (Å²) < 4.78 is 6.32. The van der Waals surface area contributed by atoms with Gasteiger partial charge in [0.05, 0.1) is 6.04 Å². The highest BCUT2D eigenvalue weighted by Gasteiger charge is 2.55. The third-order valence-corrected chi connectivity index (χ3v) is 7.58. The Morgan fingerprint density at radius 3 is 2.56 bits per heavy atom. The smallest absolute Gasteiger partial charge is 0.252 e. The van der Waals surface area contributed by atoms with Gasteiger partial charge in [0, 0.05) is 35.1 Å². The van der Waals surface area contributed by atoms with Crippen molar-refractivity contribution in [3.05, 3.63) is 64.2 Å². The third-order valence-electron chi connectivity index (χ3n) is 7.58. The van der Waals surface area contributed by atoms with Crippen molar-refractivity contribution in [3.63, 3.8) is 0 Å². The molecule has 8 nitrogen and oxygen atoms in total. The van der Waals surface area contributed by atoms with Gasteiger partial charge in [-0.15, -0.1) is 0 Å². The fraction of sp³-hybridized carbons (Fsp3) is 0.423. The van der Waals surface area contributed by atoms with E-state index in [2.05, 4.69) is 10.6 Å². The zero-order chi connectivity index (χ0) is 24.2. The quantitative estimate of drug-likeness (QED) is 0.522. The summed E-state index contributed by atoms with van der Waals surface area (Å²) in [4.78, 5) is 27.8. The van der Waals surface area contributed by atoms with Crippen molar-refractivity contribution in [2.75, 3.05) is 0 Å². The van der Waals surface area contributed by atoms with Crippen LogP contribution in [0.15, 0.2) is 36.4 Å². The van der Waals surface area contributed by atoms with Crippen LogP contribution in [0, 0.1) is 5.41 Å². The van der Waals surface area contributed by atoms with Crippen molar-refractivity contribution in [1.82, 2.24) is 15.5 Å². The predicted molar refractivity (Wildman–Crippen MR) is 125 cm³/mol. The molecule has 1 aliphatic carbocycles. The number of hydrogen-bond acceptors (Lipinski definition) is 5. The van der Waals surface area contributed by atoms with E-state index in [1.165, 1.54) is 4.90 Å². The van der Waals surface area contributed by atoms with Gasteiger partial charge in [-0.1, -0.05) is 24.3 Å². The van der Waals surface area contributed by atoms with Crippen molar-refractivity contribution in [2.24, 2.45) is 0 Å². The largest absolute Gasteiger partial charge is 0.485 e. The number of fused-ring (bicyclic) bond motifs is 6. The number of nitrogens with one attached hydrogen (secondary N) is 3. The van der Waals surface area contributed by atoms with Crippen molar-refractivity contribution in [3.8, 4) is 5.75 Å². The molecule has 34 heavy (non-hydrogen) atoms. The number of rotatable bonds is 1. The first kappa shape index (κ1) is 21.2. The summed E-state index contributed by atoms with van der Waals surface area (Å²) in [6.07, 6.45) is 0.628. The molecule has 4 N–H and O–H groups in total. The van der Waals surface area contributed by atoms with Crippen molar-refractivity contribution >= 4 is 17.8 Å². The zero-order valence-corrected chi connectivity index (χ0v) is 19.7. The summed E-state index contributed by atoms with van der Waals surface area (Å²) >= 11 is 0. The van der Waals surface area contributed by atoms with Gasteiger partial charge in [-0.25, -0.2) is 0 Å². The van der Waals surface area contributed by atoms with Gasteiger partial charge in [-0.2, -0.15) is 0 Å². The Labute approximate surface area is 197 Å². The van der Waals surface area contributed by atoms with E-state index in [0.29, 0.717) is 28.9 Å². The number of benzene rings is 2. The summed E-state index contributed by atoms with van der Waals surface area (Å²) in [6, 6.07) is 10.1. The van der Waals surface area contributed by atoms with E-state index in [4.69, 9.17) is 10.1 Å². The fourth-order valence-electron chi connectivity index (χ4n) is 6.18. The number of guanidine groups is 1.